The van der Waals surface area contributed by atoms with Crippen LogP contribution in [0.2, 0.25) is 0 Å². The Bertz CT molecular complexity index is 562. The normalized spacial score (nSPS) is 21.2. The Morgan fingerprint density at radius 1 is 1.15 bits per heavy atom. The molecule has 20 heavy (non-hydrogen) atoms. The molecule has 2 aliphatic rings. The fourth-order valence-electron chi connectivity index (χ4n) is 3.28. The fraction of sp³-hybridized carbons (Fsp3) is 0.500. The summed E-state index contributed by atoms with van der Waals surface area (Å²) in [5.41, 5.74) is 2.14. The number of benzene rings is 1. The molecule has 106 valence electrons. The van der Waals surface area contributed by atoms with E-state index in [1.165, 1.54) is 4.90 Å². The molecule has 1 saturated heterocycles. The Morgan fingerprint density at radius 2 is 1.80 bits per heavy atom. The fourth-order valence-corrected chi connectivity index (χ4v) is 3.28. The minimum atomic E-state index is -0.129. The van der Waals surface area contributed by atoms with Crippen LogP contribution in [0.15, 0.2) is 18.2 Å². The summed E-state index contributed by atoms with van der Waals surface area (Å²) in [5.74, 6) is 0.148. The highest BCUT2D eigenvalue weighted by Crippen LogP contribution is 2.30. The molecule has 1 aromatic carbocycles. The standard InChI is InChI=1S/C16H20N2O2/c1-10-3-4-13-14(9-10)16(20)18(15(13)19)11(2)12-5-7-17-8-6-12/h3-4,9,11-12,17H,5-8H2,1-2H3. The number of amides is 2. The Balaban J connectivity index is 1.89. The predicted octanol–water partition coefficient (Wildman–Crippen LogP) is 1.98. The van der Waals surface area contributed by atoms with Crippen molar-refractivity contribution >= 4 is 11.8 Å². The third-order valence-electron chi connectivity index (χ3n) is 4.55. The molecule has 0 aliphatic carbocycles. The molecule has 0 radical (unpaired) electrons. The first-order chi connectivity index (χ1) is 9.59. The summed E-state index contributed by atoms with van der Waals surface area (Å²) in [4.78, 5) is 26.5. The lowest BCUT2D eigenvalue weighted by atomic mass is 9.90. The van der Waals surface area contributed by atoms with Crippen molar-refractivity contribution in [2.75, 3.05) is 13.1 Å². The number of piperidine rings is 1. The molecular formula is C16H20N2O2. The monoisotopic (exact) mass is 272 g/mol. The van der Waals surface area contributed by atoms with Gasteiger partial charge in [0, 0.05) is 6.04 Å². The average Bonchev–Trinajstić information content (AvgIpc) is 2.71. The molecule has 1 fully saturated rings. The molecular weight excluding hydrogens is 252 g/mol. The van der Waals surface area contributed by atoms with E-state index in [9.17, 15) is 9.59 Å². The van der Waals surface area contributed by atoms with Gasteiger partial charge in [0.15, 0.2) is 0 Å². The molecule has 1 aromatic rings. The molecule has 4 nitrogen and oxygen atoms in total. The van der Waals surface area contributed by atoms with Gasteiger partial charge < -0.3 is 5.32 Å². The van der Waals surface area contributed by atoms with Crippen molar-refractivity contribution in [1.29, 1.82) is 0 Å². The summed E-state index contributed by atoms with van der Waals surface area (Å²) in [7, 11) is 0. The quantitative estimate of drug-likeness (QED) is 0.838. The van der Waals surface area contributed by atoms with E-state index in [0.717, 1.165) is 31.5 Å². The van der Waals surface area contributed by atoms with Crippen molar-refractivity contribution < 1.29 is 9.59 Å². The molecule has 1 atom stereocenters. The summed E-state index contributed by atoms with van der Waals surface area (Å²) in [6, 6.07) is 5.47. The van der Waals surface area contributed by atoms with Crippen LogP contribution in [0.25, 0.3) is 0 Å². The Hall–Kier alpha value is -1.68. The highest BCUT2D eigenvalue weighted by atomic mass is 16.2. The zero-order valence-electron chi connectivity index (χ0n) is 12.0. The van der Waals surface area contributed by atoms with Crippen LogP contribution in [0, 0.1) is 12.8 Å². The van der Waals surface area contributed by atoms with Gasteiger partial charge in [-0.25, -0.2) is 0 Å². The Kier molecular flexibility index (Phi) is 3.34. The number of hydrogen-bond donors (Lipinski definition) is 1. The number of hydrogen-bond acceptors (Lipinski definition) is 3. The summed E-state index contributed by atoms with van der Waals surface area (Å²) in [6.07, 6.45) is 2.04. The lowest BCUT2D eigenvalue weighted by molar-refractivity contribution is 0.0525. The molecule has 0 saturated carbocycles. The van der Waals surface area contributed by atoms with Gasteiger partial charge in [0.2, 0.25) is 0 Å². The van der Waals surface area contributed by atoms with Gasteiger partial charge in [0.05, 0.1) is 11.1 Å². The van der Waals surface area contributed by atoms with E-state index < -0.39 is 0 Å². The third-order valence-corrected chi connectivity index (χ3v) is 4.55. The van der Waals surface area contributed by atoms with Crippen molar-refractivity contribution in [3.63, 3.8) is 0 Å². The number of rotatable bonds is 2. The van der Waals surface area contributed by atoms with Gasteiger partial charge in [-0.05, 0) is 57.8 Å². The van der Waals surface area contributed by atoms with E-state index in [2.05, 4.69) is 5.32 Å². The second-order valence-electron chi connectivity index (χ2n) is 5.86. The van der Waals surface area contributed by atoms with Crippen molar-refractivity contribution in [2.24, 2.45) is 5.92 Å². The first kappa shape index (κ1) is 13.3. The van der Waals surface area contributed by atoms with Gasteiger partial charge in [-0.15, -0.1) is 0 Å². The van der Waals surface area contributed by atoms with Gasteiger partial charge in [0.25, 0.3) is 11.8 Å². The summed E-state index contributed by atoms with van der Waals surface area (Å²) in [5, 5.41) is 3.32. The molecule has 1 N–H and O–H groups in total. The van der Waals surface area contributed by atoms with Crippen LogP contribution in [-0.2, 0) is 0 Å². The molecule has 0 aromatic heterocycles. The molecule has 2 heterocycles. The SMILES string of the molecule is Cc1ccc2c(c1)C(=O)N(C(C)C1CCNCC1)C2=O. The number of imide groups is 1. The molecule has 0 spiro atoms. The second kappa shape index (κ2) is 5.02. The van der Waals surface area contributed by atoms with Crippen LogP contribution < -0.4 is 5.32 Å². The van der Waals surface area contributed by atoms with Crippen molar-refractivity contribution in [3.05, 3.63) is 34.9 Å². The average molecular weight is 272 g/mol. The predicted molar refractivity (Wildman–Crippen MR) is 76.7 cm³/mol. The van der Waals surface area contributed by atoms with E-state index in [1.54, 1.807) is 6.07 Å². The number of carbonyl (C=O) groups is 2. The van der Waals surface area contributed by atoms with Crippen molar-refractivity contribution in [1.82, 2.24) is 10.2 Å². The maximum absolute atomic E-state index is 12.5. The van der Waals surface area contributed by atoms with Crippen LogP contribution in [0.3, 0.4) is 0 Å². The van der Waals surface area contributed by atoms with Gasteiger partial charge in [-0.3, -0.25) is 14.5 Å². The molecule has 2 aliphatic heterocycles. The van der Waals surface area contributed by atoms with E-state index in [1.807, 2.05) is 26.0 Å². The first-order valence-corrected chi connectivity index (χ1v) is 7.29. The highest BCUT2D eigenvalue weighted by Gasteiger charge is 2.40. The largest absolute Gasteiger partial charge is 0.317 e. The van der Waals surface area contributed by atoms with Crippen LogP contribution in [0.4, 0.5) is 0 Å². The number of fused-ring (bicyclic) bond motifs is 1. The summed E-state index contributed by atoms with van der Waals surface area (Å²) >= 11 is 0. The van der Waals surface area contributed by atoms with Crippen LogP contribution in [0.5, 0.6) is 0 Å². The van der Waals surface area contributed by atoms with E-state index in [-0.39, 0.29) is 17.9 Å². The maximum Gasteiger partial charge on any atom is 0.261 e. The van der Waals surface area contributed by atoms with Gasteiger partial charge in [-0.1, -0.05) is 11.6 Å². The topological polar surface area (TPSA) is 49.4 Å². The summed E-state index contributed by atoms with van der Waals surface area (Å²) < 4.78 is 0. The van der Waals surface area contributed by atoms with Crippen molar-refractivity contribution in [2.45, 2.75) is 32.7 Å². The number of nitrogens with zero attached hydrogens (tertiary/aromatic N) is 1. The van der Waals surface area contributed by atoms with Gasteiger partial charge in [0.1, 0.15) is 0 Å². The molecule has 0 bridgehead atoms. The molecule has 2 amide bonds. The zero-order chi connectivity index (χ0) is 14.3. The van der Waals surface area contributed by atoms with E-state index in [0.29, 0.717) is 17.0 Å². The molecule has 1 unspecified atom stereocenters. The van der Waals surface area contributed by atoms with E-state index >= 15 is 0 Å². The summed E-state index contributed by atoms with van der Waals surface area (Å²) in [6.45, 7) is 5.88. The van der Waals surface area contributed by atoms with Gasteiger partial charge in [-0.2, -0.15) is 0 Å². The first-order valence-electron chi connectivity index (χ1n) is 7.29. The number of nitrogens with one attached hydrogen (secondary N) is 1. The third kappa shape index (κ3) is 2.04. The maximum atomic E-state index is 12.5. The van der Waals surface area contributed by atoms with Crippen LogP contribution in [-0.4, -0.2) is 35.8 Å². The lowest BCUT2D eigenvalue weighted by Gasteiger charge is -2.33. The number of carbonyl (C=O) groups excluding carboxylic acids is 2. The second-order valence-corrected chi connectivity index (χ2v) is 5.86. The van der Waals surface area contributed by atoms with Gasteiger partial charge >= 0.3 is 0 Å². The Labute approximate surface area is 119 Å². The highest BCUT2D eigenvalue weighted by molar-refractivity contribution is 6.21. The molecule has 4 heteroatoms. The molecule has 3 rings (SSSR count). The Morgan fingerprint density at radius 3 is 2.50 bits per heavy atom. The van der Waals surface area contributed by atoms with Crippen molar-refractivity contribution in [3.8, 4) is 0 Å². The van der Waals surface area contributed by atoms with Crippen LogP contribution >= 0.6 is 0 Å². The lowest BCUT2D eigenvalue weighted by Crippen LogP contribution is -2.45. The smallest absolute Gasteiger partial charge is 0.261 e. The van der Waals surface area contributed by atoms with E-state index in [4.69, 9.17) is 0 Å². The zero-order valence-corrected chi connectivity index (χ0v) is 12.0. The minimum Gasteiger partial charge on any atom is -0.317 e. The number of aryl methyl sites for hydroxylation is 1. The minimum absolute atomic E-state index is 0.0233. The van der Waals surface area contributed by atoms with Crippen LogP contribution in [0.1, 0.15) is 46.0 Å².